The summed E-state index contributed by atoms with van der Waals surface area (Å²) in [4.78, 5) is 11.5. The molecule has 92 valence electrons. The van der Waals surface area contributed by atoms with Crippen molar-refractivity contribution in [2.24, 2.45) is 0 Å². The van der Waals surface area contributed by atoms with Gasteiger partial charge in [0.25, 0.3) is 0 Å². The van der Waals surface area contributed by atoms with Gasteiger partial charge in [0.05, 0.1) is 7.11 Å². The average Bonchev–Trinajstić information content (AvgIpc) is 2.28. The lowest BCUT2D eigenvalue weighted by atomic mass is 9.82. The second-order valence-electron chi connectivity index (χ2n) is 5.02. The van der Waals surface area contributed by atoms with Gasteiger partial charge in [-0.3, -0.25) is 4.79 Å². The van der Waals surface area contributed by atoms with Crippen LogP contribution in [0.25, 0.3) is 0 Å². The van der Waals surface area contributed by atoms with Gasteiger partial charge in [0, 0.05) is 12.8 Å². The maximum atomic E-state index is 11.5. The van der Waals surface area contributed by atoms with Gasteiger partial charge in [0.2, 0.25) is 0 Å². The Morgan fingerprint density at radius 3 is 2.41 bits per heavy atom. The van der Waals surface area contributed by atoms with Crippen molar-refractivity contribution in [1.82, 2.24) is 0 Å². The van der Waals surface area contributed by atoms with Gasteiger partial charge in [-0.05, 0) is 49.3 Å². The molecule has 0 unspecified atom stereocenters. The number of Topliss-reactive ketones (excluding diaryl/α,β-unsaturated/α-hetero) is 1. The van der Waals surface area contributed by atoms with Crippen molar-refractivity contribution in [3.05, 3.63) is 28.8 Å². The van der Waals surface area contributed by atoms with Gasteiger partial charge in [-0.2, -0.15) is 0 Å². The standard InChI is InChI=1S/C15H20O2/c1-10-7-13(8-11(2)15(10)17-3)12-5-4-6-14(16)9-12/h7-8,12H,4-6,9H2,1-3H3/t12-/m1/s1. The molecular formula is C15H20O2. The molecule has 2 heteroatoms. The minimum atomic E-state index is 0.410. The van der Waals surface area contributed by atoms with Crippen molar-refractivity contribution in [3.63, 3.8) is 0 Å². The molecule has 0 heterocycles. The van der Waals surface area contributed by atoms with E-state index in [1.165, 1.54) is 16.7 Å². The summed E-state index contributed by atoms with van der Waals surface area (Å²) < 4.78 is 5.37. The van der Waals surface area contributed by atoms with E-state index in [0.717, 1.165) is 25.0 Å². The highest BCUT2D eigenvalue weighted by atomic mass is 16.5. The van der Waals surface area contributed by atoms with Gasteiger partial charge in [0.15, 0.2) is 0 Å². The van der Waals surface area contributed by atoms with Crippen LogP contribution in [0.2, 0.25) is 0 Å². The van der Waals surface area contributed by atoms with Crippen LogP contribution in [0, 0.1) is 13.8 Å². The average molecular weight is 232 g/mol. The minimum absolute atomic E-state index is 0.410. The fraction of sp³-hybridized carbons (Fsp3) is 0.533. The van der Waals surface area contributed by atoms with Crippen LogP contribution in [0.3, 0.4) is 0 Å². The molecule has 2 nitrogen and oxygen atoms in total. The quantitative estimate of drug-likeness (QED) is 0.779. The zero-order valence-corrected chi connectivity index (χ0v) is 10.9. The van der Waals surface area contributed by atoms with Crippen molar-refractivity contribution in [1.29, 1.82) is 0 Å². The first-order valence-corrected chi connectivity index (χ1v) is 6.28. The second-order valence-corrected chi connectivity index (χ2v) is 5.02. The highest BCUT2D eigenvalue weighted by Gasteiger charge is 2.22. The summed E-state index contributed by atoms with van der Waals surface area (Å²) in [6, 6.07) is 4.35. The van der Waals surface area contributed by atoms with Gasteiger partial charge in [-0.15, -0.1) is 0 Å². The molecule has 1 atom stereocenters. The second kappa shape index (κ2) is 4.91. The van der Waals surface area contributed by atoms with E-state index in [1.54, 1.807) is 7.11 Å². The first-order valence-electron chi connectivity index (χ1n) is 6.28. The number of carbonyl (C=O) groups excluding carboxylic acids is 1. The van der Waals surface area contributed by atoms with Crippen LogP contribution in [-0.2, 0) is 4.79 Å². The van der Waals surface area contributed by atoms with Crippen LogP contribution in [0.4, 0.5) is 0 Å². The topological polar surface area (TPSA) is 26.3 Å². The Morgan fingerprint density at radius 2 is 1.88 bits per heavy atom. The molecule has 0 N–H and O–H groups in total. The molecule has 2 rings (SSSR count). The molecule has 0 aromatic heterocycles. The van der Waals surface area contributed by atoms with E-state index >= 15 is 0 Å². The molecule has 1 aromatic rings. The Labute approximate surface area is 103 Å². The molecular weight excluding hydrogens is 212 g/mol. The van der Waals surface area contributed by atoms with Gasteiger partial charge < -0.3 is 4.74 Å². The molecule has 1 fully saturated rings. The third kappa shape index (κ3) is 2.51. The van der Waals surface area contributed by atoms with Crippen LogP contribution >= 0.6 is 0 Å². The molecule has 1 aromatic carbocycles. The number of aryl methyl sites for hydroxylation is 2. The fourth-order valence-electron chi connectivity index (χ4n) is 2.85. The molecule has 0 radical (unpaired) electrons. The molecule has 1 aliphatic carbocycles. The lowest BCUT2D eigenvalue weighted by Crippen LogP contribution is -2.13. The molecule has 1 aliphatic rings. The van der Waals surface area contributed by atoms with Crippen molar-refractivity contribution in [3.8, 4) is 5.75 Å². The molecule has 0 saturated heterocycles. The molecule has 0 amide bonds. The van der Waals surface area contributed by atoms with E-state index in [9.17, 15) is 4.79 Å². The number of hydrogen-bond acceptors (Lipinski definition) is 2. The largest absolute Gasteiger partial charge is 0.496 e. The zero-order valence-electron chi connectivity index (χ0n) is 10.9. The number of ketones is 1. The lowest BCUT2D eigenvalue weighted by molar-refractivity contribution is -0.120. The van der Waals surface area contributed by atoms with Crippen molar-refractivity contribution < 1.29 is 9.53 Å². The van der Waals surface area contributed by atoms with E-state index in [0.29, 0.717) is 18.1 Å². The Balaban J connectivity index is 2.30. The van der Waals surface area contributed by atoms with Gasteiger partial charge in [-0.1, -0.05) is 12.1 Å². The van der Waals surface area contributed by atoms with E-state index < -0.39 is 0 Å². The SMILES string of the molecule is COc1c(C)cc([C@@H]2CCCC(=O)C2)cc1C. The smallest absolute Gasteiger partial charge is 0.133 e. The number of rotatable bonds is 2. The molecule has 0 bridgehead atoms. The Kier molecular flexibility index (Phi) is 3.51. The molecule has 17 heavy (non-hydrogen) atoms. The number of methoxy groups -OCH3 is 1. The van der Waals surface area contributed by atoms with Gasteiger partial charge >= 0.3 is 0 Å². The van der Waals surface area contributed by atoms with Crippen molar-refractivity contribution in [2.45, 2.75) is 45.4 Å². The van der Waals surface area contributed by atoms with Crippen molar-refractivity contribution in [2.75, 3.05) is 7.11 Å². The summed E-state index contributed by atoms with van der Waals surface area (Å²) in [7, 11) is 1.71. The van der Waals surface area contributed by atoms with Crippen molar-refractivity contribution >= 4 is 5.78 Å². The first-order chi connectivity index (χ1) is 8.11. The van der Waals surface area contributed by atoms with Crippen LogP contribution in [0.1, 0.15) is 48.3 Å². The predicted octanol–water partition coefficient (Wildman–Crippen LogP) is 3.54. The maximum absolute atomic E-state index is 11.5. The Morgan fingerprint density at radius 1 is 1.24 bits per heavy atom. The van der Waals surface area contributed by atoms with Crippen LogP contribution in [-0.4, -0.2) is 12.9 Å². The Hall–Kier alpha value is -1.31. The third-order valence-electron chi connectivity index (χ3n) is 3.64. The fourth-order valence-corrected chi connectivity index (χ4v) is 2.85. The van der Waals surface area contributed by atoms with E-state index in [2.05, 4.69) is 26.0 Å². The molecule has 0 spiro atoms. The molecule has 1 saturated carbocycles. The van der Waals surface area contributed by atoms with Gasteiger partial charge in [-0.25, -0.2) is 0 Å². The lowest BCUT2D eigenvalue weighted by Gasteiger charge is -2.22. The monoisotopic (exact) mass is 232 g/mol. The minimum Gasteiger partial charge on any atom is -0.496 e. The van der Waals surface area contributed by atoms with E-state index in [4.69, 9.17) is 4.74 Å². The molecule has 0 aliphatic heterocycles. The summed E-state index contributed by atoms with van der Waals surface area (Å²) in [5.41, 5.74) is 3.63. The van der Waals surface area contributed by atoms with Crippen LogP contribution < -0.4 is 4.74 Å². The van der Waals surface area contributed by atoms with Crippen LogP contribution in [0.5, 0.6) is 5.75 Å². The number of benzene rings is 1. The summed E-state index contributed by atoms with van der Waals surface area (Å²) in [6.07, 6.45) is 3.65. The van der Waals surface area contributed by atoms with E-state index in [-0.39, 0.29) is 0 Å². The summed E-state index contributed by atoms with van der Waals surface area (Å²) in [5, 5.41) is 0. The summed E-state index contributed by atoms with van der Waals surface area (Å²) >= 11 is 0. The normalized spacial score (nSPS) is 20.4. The van der Waals surface area contributed by atoms with E-state index in [1.807, 2.05) is 0 Å². The summed E-state index contributed by atoms with van der Waals surface area (Å²) in [6.45, 7) is 4.14. The van der Waals surface area contributed by atoms with Gasteiger partial charge in [0.1, 0.15) is 11.5 Å². The zero-order chi connectivity index (χ0) is 12.4. The summed E-state index contributed by atoms with van der Waals surface area (Å²) in [5.74, 6) is 1.79. The number of hydrogen-bond donors (Lipinski definition) is 0. The highest BCUT2D eigenvalue weighted by molar-refractivity contribution is 5.80. The predicted molar refractivity (Wildman–Crippen MR) is 68.7 cm³/mol. The first kappa shape index (κ1) is 12.2. The highest BCUT2D eigenvalue weighted by Crippen LogP contribution is 2.34. The number of carbonyl (C=O) groups is 1. The Bertz CT molecular complexity index is 412. The maximum Gasteiger partial charge on any atom is 0.133 e. The van der Waals surface area contributed by atoms with Crippen LogP contribution in [0.15, 0.2) is 12.1 Å². The number of ether oxygens (including phenoxy) is 1. The third-order valence-corrected chi connectivity index (χ3v) is 3.64.